The van der Waals surface area contributed by atoms with Gasteiger partial charge in [0.2, 0.25) is 0 Å². The minimum absolute atomic E-state index is 0.0682. The van der Waals surface area contributed by atoms with Crippen molar-refractivity contribution >= 4 is 10.2 Å². The molecule has 7 nitrogen and oxygen atoms in total. The van der Waals surface area contributed by atoms with E-state index in [-0.39, 0.29) is 12.6 Å². The van der Waals surface area contributed by atoms with Gasteiger partial charge in [0.15, 0.2) is 0 Å². The maximum absolute atomic E-state index is 12.5. The maximum atomic E-state index is 12.5. The normalized spacial score (nSPS) is 24.3. The van der Waals surface area contributed by atoms with Gasteiger partial charge >= 0.3 is 0 Å². The van der Waals surface area contributed by atoms with Gasteiger partial charge in [0.05, 0.1) is 12.9 Å². The van der Waals surface area contributed by atoms with Gasteiger partial charge in [-0.15, -0.1) is 0 Å². The fourth-order valence-corrected chi connectivity index (χ4v) is 4.16. The molecule has 1 saturated heterocycles. The van der Waals surface area contributed by atoms with Crippen molar-refractivity contribution in [2.45, 2.75) is 50.7 Å². The predicted octanol–water partition coefficient (Wildman–Crippen LogP) is 0.351. The third kappa shape index (κ3) is 4.03. The molecule has 1 aliphatic carbocycles. The third-order valence-electron chi connectivity index (χ3n) is 4.10. The Morgan fingerprint density at radius 3 is 2.90 bits per heavy atom. The van der Waals surface area contributed by atoms with E-state index in [0.717, 1.165) is 31.5 Å². The number of hydrogen-bond acceptors (Lipinski definition) is 4. The van der Waals surface area contributed by atoms with Crippen molar-refractivity contribution in [1.82, 2.24) is 24.3 Å². The van der Waals surface area contributed by atoms with Gasteiger partial charge in [0.25, 0.3) is 10.2 Å². The van der Waals surface area contributed by atoms with Crippen molar-refractivity contribution in [3.05, 3.63) is 18.2 Å². The summed E-state index contributed by atoms with van der Waals surface area (Å²) in [5.41, 5.74) is 0.767. The van der Waals surface area contributed by atoms with E-state index in [9.17, 15) is 8.42 Å². The summed E-state index contributed by atoms with van der Waals surface area (Å²) >= 11 is 0. The number of piperidine rings is 1. The lowest BCUT2D eigenvalue weighted by Gasteiger charge is -2.34. The molecule has 21 heavy (non-hydrogen) atoms. The van der Waals surface area contributed by atoms with Crippen molar-refractivity contribution in [2.24, 2.45) is 0 Å². The van der Waals surface area contributed by atoms with Crippen LogP contribution in [-0.4, -0.2) is 47.9 Å². The lowest BCUT2D eigenvalue weighted by molar-refractivity contribution is 0.242. The van der Waals surface area contributed by atoms with Crippen LogP contribution >= 0.6 is 0 Å². The third-order valence-corrected chi connectivity index (χ3v) is 5.71. The molecular weight excluding hydrogens is 290 g/mol. The van der Waals surface area contributed by atoms with E-state index >= 15 is 0 Å². The molecule has 118 valence electrons. The zero-order chi connectivity index (χ0) is 14.7. The largest absolute Gasteiger partial charge is 0.347 e. The van der Waals surface area contributed by atoms with Crippen LogP contribution in [0.4, 0.5) is 0 Å². The minimum atomic E-state index is -3.44. The van der Waals surface area contributed by atoms with Crippen LogP contribution in [0, 0.1) is 0 Å². The maximum Gasteiger partial charge on any atom is 0.280 e. The number of aromatic nitrogens is 2. The van der Waals surface area contributed by atoms with E-state index in [1.165, 1.54) is 12.8 Å². The van der Waals surface area contributed by atoms with Gasteiger partial charge in [-0.2, -0.15) is 17.4 Å². The highest BCUT2D eigenvalue weighted by Gasteiger charge is 2.33. The molecule has 1 aromatic rings. The molecule has 1 aromatic heterocycles. The summed E-state index contributed by atoms with van der Waals surface area (Å²) in [6.07, 6.45) is 8.59. The number of H-pyrrole nitrogens is 1. The molecule has 2 fully saturated rings. The fourth-order valence-electron chi connectivity index (χ4n) is 2.72. The van der Waals surface area contributed by atoms with Crippen LogP contribution in [0.5, 0.6) is 0 Å². The Morgan fingerprint density at radius 1 is 1.33 bits per heavy atom. The van der Waals surface area contributed by atoms with Gasteiger partial charge in [-0.1, -0.05) is 6.42 Å². The number of nitrogens with one attached hydrogen (secondary N) is 3. The molecule has 1 saturated carbocycles. The topological polar surface area (TPSA) is 90.1 Å². The Hall–Kier alpha value is -0.960. The second kappa shape index (κ2) is 6.43. The zero-order valence-electron chi connectivity index (χ0n) is 12.1. The van der Waals surface area contributed by atoms with E-state index in [1.807, 2.05) is 0 Å². The Balaban J connectivity index is 1.59. The fraction of sp³-hybridized carbons (Fsp3) is 0.769. The molecule has 0 amide bonds. The van der Waals surface area contributed by atoms with Crippen molar-refractivity contribution in [3.8, 4) is 0 Å². The summed E-state index contributed by atoms with van der Waals surface area (Å²) < 4.78 is 29.3. The SMILES string of the molecule is O=S(=O)(NCc1cnc[nH]1)N1CCCCC1CNC1CC1. The van der Waals surface area contributed by atoms with E-state index in [2.05, 4.69) is 20.0 Å². The van der Waals surface area contributed by atoms with Crippen molar-refractivity contribution < 1.29 is 8.42 Å². The first-order valence-electron chi connectivity index (χ1n) is 7.62. The standard InChI is InChI=1S/C13H23N5O2S/c19-21(20,17-8-12-7-14-10-16-12)18-6-2-1-3-13(18)9-15-11-4-5-11/h7,10-11,13,15,17H,1-6,8-9H2,(H,14,16). The van der Waals surface area contributed by atoms with Gasteiger partial charge < -0.3 is 10.3 Å². The van der Waals surface area contributed by atoms with E-state index < -0.39 is 10.2 Å². The molecule has 1 unspecified atom stereocenters. The average Bonchev–Trinajstić information content (AvgIpc) is 3.17. The smallest absolute Gasteiger partial charge is 0.280 e. The van der Waals surface area contributed by atoms with Crippen molar-refractivity contribution in [3.63, 3.8) is 0 Å². The van der Waals surface area contributed by atoms with Crippen LogP contribution in [0.1, 0.15) is 37.8 Å². The van der Waals surface area contributed by atoms with Crippen LogP contribution in [-0.2, 0) is 16.8 Å². The Bertz CT molecular complexity index is 541. The lowest BCUT2D eigenvalue weighted by atomic mass is 10.1. The first kappa shape index (κ1) is 15.0. The minimum Gasteiger partial charge on any atom is -0.347 e. The summed E-state index contributed by atoms with van der Waals surface area (Å²) in [4.78, 5) is 6.80. The lowest BCUT2D eigenvalue weighted by Crippen LogP contribution is -2.52. The molecule has 1 atom stereocenters. The number of nitrogens with zero attached hydrogens (tertiary/aromatic N) is 2. The molecule has 2 heterocycles. The first-order valence-corrected chi connectivity index (χ1v) is 9.06. The average molecular weight is 313 g/mol. The van der Waals surface area contributed by atoms with Crippen molar-refractivity contribution in [2.75, 3.05) is 13.1 Å². The molecule has 3 N–H and O–H groups in total. The molecule has 3 rings (SSSR count). The van der Waals surface area contributed by atoms with Crippen LogP contribution in [0.15, 0.2) is 12.5 Å². The number of aromatic amines is 1. The van der Waals surface area contributed by atoms with Crippen LogP contribution in [0.25, 0.3) is 0 Å². The Kier molecular flexibility index (Phi) is 4.58. The Labute approximate surface area is 125 Å². The Morgan fingerprint density at radius 2 is 2.19 bits per heavy atom. The molecule has 0 radical (unpaired) electrons. The second-order valence-corrected chi connectivity index (χ2v) is 7.55. The molecule has 1 aliphatic heterocycles. The number of rotatable bonds is 7. The highest BCUT2D eigenvalue weighted by molar-refractivity contribution is 7.87. The summed E-state index contributed by atoms with van der Waals surface area (Å²) in [6, 6.07) is 0.674. The molecule has 2 aliphatic rings. The van der Waals surface area contributed by atoms with E-state index in [1.54, 1.807) is 16.8 Å². The monoisotopic (exact) mass is 313 g/mol. The van der Waals surface area contributed by atoms with Gasteiger partial charge in [0.1, 0.15) is 0 Å². The van der Waals surface area contributed by atoms with Gasteiger partial charge in [-0.05, 0) is 25.7 Å². The zero-order valence-corrected chi connectivity index (χ0v) is 12.9. The first-order chi connectivity index (χ1) is 10.1. The van der Waals surface area contributed by atoms with Crippen LogP contribution < -0.4 is 10.0 Å². The molecule has 0 aromatic carbocycles. The molecule has 0 bridgehead atoms. The summed E-state index contributed by atoms with van der Waals surface area (Å²) in [7, 11) is -3.44. The summed E-state index contributed by atoms with van der Waals surface area (Å²) in [5, 5.41) is 3.45. The van der Waals surface area contributed by atoms with Crippen LogP contribution in [0.2, 0.25) is 0 Å². The van der Waals surface area contributed by atoms with E-state index in [4.69, 9.17) is 0 Å². The number of hydrogen-bond donors (Lipinski definition) is 3. The predicted molar refractivity (Wildman–Crippen MR) is 79.7 cm³/mol. The highest BCUT2D eigenvalue weighted by atomic mass is 32.2. The molecule has 0 spiro atoms. The molecular formula is C13H23N5O2S. The van der Waals surface area contributed by atoms with Crippen LogP contribution in [0.3, 0.4) is 0 Å². The number of imidazole rings is 1. The highest BCUT2D eigenvalue weighted by Crippen LogP contribution is 2.22. The van der Waals surface area contributed by atoms with Gasteiger partial charge in [-0.25, -0.2) is 4.98 Å². The molecule has 8 heteroatoms. The summed E-state index contributed by atoms with van der Waals surface area (Å²) in [5.74, 6) is 0. The van der Waals surface area contributed by atoms with Gasteiger partial charge in [-0.3, -0.25) is 0 Å². The van der Waals surface area contributed by atoms with E-state index in [0.29, 0.717) is 12.6 Å². The van der Waals surface area contributed by atoms with Gasteiger partial charge in [0, 0.05) is 37.1 Å². The summed E-state index contributed by atoms with van der Waals surface area (Å²) in [6.45, 7) is 1.62. The second-order valence-electron chi connectivity index (χ2n) is 5.85. The quantitative estimate of drug-likeness (QED) is 0.677. The van der Waals surface area contributed by atoms with Crippen molar-refractivity contribution in [1.29, 1.82) is 0 Å².